The van der Waals surface area contributed by atoms with Gasteiger partial charge in [-0.3, -0.25) is 4.79 Å². The van der Waals surface area contributed by atoms with Crippen LogP contribution in [0.1, 0.15) is 18.4 Å². The molecule has 1 aliphatic rings. The van der Waals surface area contributed by atoms with Gasteiger partial charge in [0.1, 0.15) is 0 Å². The molecule has 0 aliphatic carbocycles. The van der Waals surface area contributed by atoms with E-state index in [1.807, 2.05) is 0 Å². The number of halogens is 3. The number of oxazole rings is 1. The summed E-state index contributed by atoms with van der Waals surface area (Å²) in [6, 6.07) is 3.33. The van der Waals surface area contributed by atoms with Crippen LogP contribution in [0.25, 0.3) is 11.3 Å². The Morgan fingerprint density at radius 3 is 2.70 bits per heavy atom. The fourth-order valence-electron chi connectivity index (χ4n) is 2.52. The van der Waals surface area contributed by atoms with E-state index in [-0.39, 0.29) is 30.0 Å². The number of alkyl halides is 3. The number of benzene rings is 1. The molecule has 1 fully saturated rings. The second kappa shape index (κ2) is 5.69. The Kier molecular flexibility index (Phi) is 3.85. The fraction of sp³-hybridized carbons (Fsp3) is 0.333. The van der Waals surface area contributed by atoms with Crippen molar-refractivity contribution in [3.63, 3.8) is 0 Å². The van der Waals surface area contributed by atoms with Gasteiger partial charge in [-0.1, -0.05) is 0 Å². The predicted molar refractivity (Wildman–Crippen MR) is 74.5 cm³/mol. The first kappa shape index (κ1) is 15.5. The summed E-state index contributed by atoms with van der Waals surface area (Å²) in [5, 5.41) is 9.48. The van der Waals surface area contributed by atoms with Gasteiger partial charge < -0.3 is 14.4 Å². The van der Waals surface area contributed by atoms with E-state index in [0.717, 1.165) is 18.5 Å². The van der Waals surface area contributed by atoms with Crippen molar-refractivity contribution in [2.75, 3.05) is 11.4 Å². The van der Waals surface area contributed by atoms with Crippen LogP contribution in [0, 0.1) is 0 Å². The number of hydrogen-bond donors (Lipinski definition) is 1. The summed E-state index contributed by atoms with van der Waals surface area (Å²) >= 11 is 0. The molecule has 2 heterocycles. The molecule has 1 aromatic heterocycles. The number of nitrogens with zero attached hydrogens (tertiary/aromatic N) is 2. The highest BCUT2D eigenvalue weighted by atomic mass is 19.4. The second-order valence-corrected chi connectivity index (χ2v) is 5.32. The van der Waals surface area contributed by atoms with Crippen molar-refractivity contribution in [3.8, 4) is 11.3 Å². The molecule has 0 saturated carbocycles. The third-order valence-corrected chi connectivity index (χ3v) is 3.67. The fourth-order valence-corrected chi connectivity index (χ4v) is 2.52. The molecule has 0 bridgehead atoms. The van der Waals surface area contributed by atoms with Crippen LogP contribution in [-0.2, 0) is 11.0 Å². The number of aromatic nitrogens is 1. The van der Waals surface area contributed by atoms with Gasteiger partial charge >= 0.3 is 6.18 Å². The molecular formula is C15H13F3N2O3. The van der Waals surface area contributed by atoms with Crippen LogP contribution in [0.5, 0.6) is 0 Å². The molecule has 0 spiro atoms. The van der Waals surface area contributed by atoms with Gasteiger partial charge in [-0.15, -0.1) is 0 Å². The highest BCUT2D eigenvalue weighted by Crippen LogP contribution is 2.36. The quantitative estimate of drug-likeness (QED) is 0.921. The molecule has 0 radical (unpaired) electrons. The van der Waals surface area contributed by atoms with E-state index in [9.17, 15) is 23.1 Å². The molecule has 1 aromatic carbocycles. The number of amides is 1. The average Bonchev–Trinajstić information content (AvgIpc) is 3.00. The molecule has 1 N–H and O–H groups in total. The lowest BCUT2D eigenvalue weighted by Gasteiger charge is -2.30. The minimum absolute atomic E-state index is 0.103. The molecule has 23 heavy (non-hydrogen) atoms. The summed E-state index contributed by atoms with van der Waals surface area (Å²) in [7, 11) is 0. The molecule has 122 valence electrons. The number of aliphatic hydroxyl groups is 1. The molecule has 1 aliphatic heterocycles. The SMILES string of the molecule is O=C1CC(O)CCN1c1cc(-c2cnco2)cc(C(F)(F)F)c1. The number of hydrogen-bond acceptors (Lipinski definition) is 4. The van der Waals surface area contributed by atoms with Crippen LogP contribution >= 0.6 is 0 Å². The monoisotopic (exact) mass is 326 g/mol. The summed E-state index contributed by atoms with van der Waals surface area (Å²) in [4.78, 5) is 17.0. The van der Waals surface area contributed by atoms with Gasteiger partial charge in [0.15, 0.2) is 12.2 Å². The smallest absolute Gasteiger partial charge is 0.416 e. The van der Waals surface area contributed by atoms with Crippen LogP contribution < -0.4 is 4.90 Å². The molecule has 1 atom stereocenters. The molecule has 1 amide bonds. The van der Waals surface area contributed by atoms with Crippen molar-refractivity contribution >= 4 is 11.6 Å². The molecular weight excluding hydrogens is 313 g/mol. The van der Waals surface area contributed by atoms with E-state index in [2.05, 4.69) is 4.98 Å². The van der Waals surface area contributed by atoms with Gasteiger partial charge in [0.05, 0.1) is 24.3 Å². The Bertz CT molecular complexity index is 713. The second-order valence-electron chi connectivity index (χ2n) is 5.32. The van der Waals surface area contributed by atoms with E-state index in [0.29, 0.717) is 6.42 Å². The van der Waals surface area contributed by atoms with Crippen molar-refractivity contribution in [3.05, 3.63) is 36.4 Å². The van der Waals surface area contributed by atoms with E-state index >= 15 is 0 Å². The van der Waals surface area contributed by atoms with Crippen LogP contribution in [-0.4, -0.2) is 28.6 Å². The Balaban J connectivity index is 2.06. The van der Waals surface area contributed by atoms with E-state index in [1.54, 1.807) is 0 Å². The van der Waals surface area contributed by atoms with Gasteiger partial charge in [-0.2, -0.15) is 13.2 Å². The molecule has 1 saturated heterocycles. The van der Waals surface area contributed by atoms with Gasteiger partial charge in [-0.05, 0) is 24.6 Å². The molecule has 8 heteroatoms. The van der Waals surface area contributed by atoms with E-state index in [1.165, 1.54) is 17.2 Å². The zero-order valence-corrected chi connectivity index (χ0v) is 11.9. The number of anilines is 1. The minimum Gasteiger partial charge on any atom is -0.444 e. The summed E-state index contributed by atoms with van der Waals surface area (Å²) in [5.41, 5.74) is -0.560. The van der Waals surface area contributed by atoms with Crippen molar-refractivity contribution in [1.29, 1.82) is 0 Å². The van der Waals surface area contributed by atoms with Gasteiger partial charge in [0.2, 0.25) is 5.91 Å². The summed E-state index contributed by atoms with van der Waals surface area (Å²) in [5.74, 6) is -0.228. The first-order chi connectivity index (χ1) is 10.8. The Labute approximate surface area is 129 Å². The first-order valence-corrected chi connectivity index (χ1v) is 6.94. The lowest BCUT2D eigenvalue weighted by Crippen LogP contribution is -2.40. The van der Waals surface area contributed by atoms with Crippen molar-refractivity contribution < 1.29 is 27.5 Å². The van der Waals surface area contributed by atoms with Gasteiger partial charge in [-0.25, -0.2) is 4.98 Å². The predicted octanol–water partition coefficient (Wildman–Crippen LogP) is 2.85. The Morgan fingerprint density at radius 1 is 1.30 bits per heavy atom. The number of aliphatic hydroxyl groups excluding tert-OH is 1. The van der Waals surface area contributed by atoms with Crippen LogP contribution in [0.15, 0.2) is 35.2 Å². The van der Waals surface area contributed by atoms with Gasteiger partial charge in [0.25, 0.3) is 0 Å². The summed E-state index contributed by atoms with van der Waals surface area (Å²) in [6.07, 6.45) is -2.66. The number of piperidine rings is 1. The highest BCUT2D eigenvalue weighted by Gasteiger charge is 2.33. The average molecular weight is 326 g/mol. The molecule has 5 nitrogen and oxygen atoms in total. The standard InChI is InChI=1S/C15H13F3N2O3/c16-15(17,18)10-3-9(13-7-19-8-23-13)4-11(5-10)20-2-1-12(21)6-14(20)22/h3-5,7-8,12,21H,1-2,6H2. The lowest BCUT2D eigenvalue weighted by atomic mass is 10.0. The minimum atomic E-state index is -4.55. The number of rotatable bonds is 2. The lowest BCUT2D eigenvalue weighted by molar-refractivity contribution is -0.137. The largest absolute Gasteiger partial charge is 0.444 e. The zero-order chi connectivity index (χ0) is 16.6. The van der Waals surface area contributed by atoms with Crippen molar-refractivity contribution in [2.24, 2.45) is 0 Å². The van der Waals surface area contributed by atoms with E-state index in [4.69, 9.17) is 4.42 Å². The zero-order valence-electron chi connectivity index (χ0n) is 11.9. The third kappa shape index (κ3) is 3.21. The van der Waals surface area contributed by atoms with Crippen LogP contribution in [0.3, 0.4) is 0 Å². The maximum atomic E-state index is 13.1. The first-order valence-electron chi connectivity index (χ1n) is 6.94. The summed E-state index contributed by atoms with van der Waals surface area (Å²) in [6.45, 7) is 0.164. The van der Waals surface area contributed by atoms with Crippen molar-refractivity contribution in [1.82, 2.24) is 4.98 Å². The number of carbonyl (C=O) groups excluding carboxylic acids is 1. The summed E-state index contributed by atoms with van der Waals surface area (Å²) < 4.78 is 44.4. The molecule has 2 aromatic rings. The molecule has 3 rings (SSSR count). The maximum absolute atomic E-state index is 13.1. The molecule has 1 unspecified atom stereocenters. The highest BCUT2D eigenvalue weighted by molar-refractivity contribution is 5.95. The number of carbonyl (C=O) groups is 1. The Hall–Kier alpha value is -2.35. The maximum Gasteiger partial charge on any atom is 0.416 e. The van der Waals surface area contributed by atoms with Gasteiger partial charge in [0, 0.05) is 17.8 Å². The third-order valence-electron chi connectivity index (χ3n) is 3.67. The van der Waals surface area contributed by atoms with Crippen LogP contribution in [0.2, 0.25) is 0 Å². The normalized spacial score (nSPS) is 19.2. The van der Waals surface area contributed by atoms with E-state index < -0.39 is 23.8 Å². The van der Waals surface area contributed by atoms with Crippen LogP contribution in [0.4, 0.5) is 18.9 Å². The Morgan fingerprint density at radius 2 is 2.09 bits per heavy atom. The van der Waals surface area contributed by atoms with Crippen molar-refractivity contribution in [2.45, 2.75) is 25.1 Å². The topological polar surface area (TPSA) is 66.6 Å².